The molecule has 1 heterocycles. The van der Waals surface area contributed by atoms with Gasteiger partial charge < -0.3 is 20.1 Å². The summed E-state index contributed by atoms with van der Waals surface area (Å²) in [6, 6.07) is 6.57. The van der Waals surface area contributed by atoms with Crippen molar-refractivity contribution in [2.75, 3.05) is 19.7 Å². The number of phenols is 1. The molecule has 1 aromatic carbocycles. The van der Waals surface area contributed by atoms with Gasteiger partial charge in [-0.1, -0.05) is 25.5 Å². The number of alkyl carbamates (subject to hydrolysis) is 1. The molecule has 0 aromatic heterocycles. The number of hydrogen-bond donors (Lipinski definition) is 2. The second kappa shape index (κ2) is 8.41. The summed E-state index contributed by atoms with van der Waals surface area (Å²) in [5.74, 6) is -0.177. The average molecular weight is 320 g/mol. The predicted octanol–water partition coefficient (Wildman–Crippen LogP) is 2.52. The molecule has 2 rings (SSSR count). The van der Waals surface area contributed by atoms with Crippen molar-refractivity contribution in [3.63, 3.8) is 0 Å². The second-order valence-corrected chi connectivity index (χ2v) is 5.72. The monoisotopic (exact) mass is 320 g/mol. The molecule has 2 N–H and O–H groups in total. The van der Waals surface area contributed by atoms with E-state index in [0.717, 1.165) is 12.8 Å². The van der Waals surface area contributed by atoms with Crippen molar-refractivity contribution in [3.05, 3.63) is 29.8 Å². The fourth-order valence-electron chi connectivity index (χ4n) is 2.57. The minimum atomic E-state index is -0.385. The summed E-state index contributed by atoms with van der Waals surface area (Å²) in [7, 11) is 0. The van der Waals surface area contributed by atoms with E-state index in [4.69, 9.17) is 4.74 Å². The van der Waals surface area contributed by atoms with Gasteiger partial charge >= 0.3 is 6.09 Å². The van der Waals surface area contributed by atoms with Crippen LogP contribution in [0, 0.1) is 0 Å². The molecule has 0 aliphatic carbocycles. The molecule has 0 spiro atoms. The Hall–Kier alpha value is -2.24. The Kier molecular flexibility index (Phi) is 6.26. The number of nitrogens with zero attached hydrogens (tertiary/aromatic N) is 1. The summed E-state index contributed by atoms with van der Waals surface area (Å²) in [6.07, 6.45) is 2.83. The third-order valence-corrected chi connectivity index (χ3v) is 3.97. The first-order valence-corrected chi connectivity index (χ1v) is 8.12. The van der Waals surface area contributed by atoms with Gasteiger partial charge in [0.05, 0.1) is 12.2 Å². The van der Waals surface area contributed by atoms with E-state index in [1.807, 2.05) is 6.92 Å². The number of aromatic hydroxyl groups is 1. The summed E-state index contributed by atoms with van der Waals surface area (Å²) < 4.78 is 5.08. The number of hydrogen-bond acceptors (Lipinski definition) is 4. The van der Waals surface area contributed by atoms with Crippen LogP contribution in [0.1, 0.15) is 43.0 Å². The van der Waals surface area contributed by atoms with E-state index in [0.29, 0.717) is 38.1 Å². The molecule has 2 amide bonds. The van der Waals surface area contributed by atoms with Gasteiger partial charge in [0.15, 0.2) is 0 Å². The Bertz CT molecular complexity index is 539. The molecule has 1 aromatic rings. The molecule has 1 saturated heterocycles. The lowest BCUT2D eigenvalue weighted by Gasteiger charge is -2.32. The lowest BCUT2D eigenvalue weighted by molar-refractivity contribution is 0.0699. The number of rotatable bonds is 5. The van der Waals surface area contributed by atoms with Gasteiger partial charge in [-0.3, -0.25) is 4.79 Å². The van der Waals surface area contributed by atoms with Crippen LogP contribution in [0.3, 0.4) is 0 Å². The van der Waals surface area contributed by atoms with Crippen molar-refractivity contribution in [2.45, 2.75) is 38.6 Å². The summed E-state index contributed by atoms with van der Waals surface area (Å²) >= 11 is 0. The van der Waals surface area contributed by atoms with Gasteiger partial charge in [-0.2, -0.15) is 0 Å². The standard InChI is InChI=1S/C17H24N2O4/c1-2-3-12-23-17(22)18-13-8-10-19(11-9-13)16(21)14-6-4-5-7-15(14)20/h4-7,13,20H,2-3,8-12H2,1H3,(H,18,22). The smallest absolute Gasteiger partial charge is 0.407 e. The molecule has 0 unspecified atom stereocenters. The minimum Gasteiger partial charge on any atom is -0.507 e. The van der Waals surface area contributed by atoms with Crippen LogP contribution in [0.4, 0.5) is 4.79 Å². The fraction of sp³-hybridized carbons (Fsp3) is 0.529. The number of phenolic OH excluding ortho intramolecular Hbond substituents is 1. The van der Waals surface area contributed by atoms with Crippen LogP contribution in [0.2, 0.25) is 0 Å². The molecular weight excluding hydrogens is 296 g/mol. The highest BCUT2D eigenvalue weighted by atomic mass is 16.5. The van der Waals surface area contributed by atoms with E-state index in [1.54, 1.807) is 23.1 Å². The molecule has 126 valence electrons. The quantitative estimate of drug-likeness (QED) is 0.817. The molecular formula is C17H24N2O4. The van der Waals surface area contributed by atoms with Crippen LogP contribution in [-0.2, 0) is 4.74 Å². The topological polar surface area (TPSA) is 78.9 Å². The average Bonchev–Trinajstić information content (AvgIpc) is 2.56. The van der Waals surface area contributed by atoms with Crippen molar-refractivity contribution in [1.29, 1.82) is 0 Å². The second-order valence-electron chi connectivity index (χ2n) is 5.72. The minimum absolute atomic E-state index is 0.00255. The van der Waals surface area contributed by atoms with E-state index in [2.05, 4.69) is 5.32 Å². The van der Waals surface area contributed by atoms with E-state index >= 15 is 0 Å². The highest BCUT2D eigenvalue weighted by molar-refractivity contribution is 5.96. The van der Waals surface area contributed by atoms with Crippen molar-refractivity contribution in [3.8, 4) is 5.75 Å². The zero-order valence-corrected chi connectivity index (χ0v) is 13.5. The maximum absolute atomic E-state index is 12.4. The molecule has 0 bridgehead atoms. The number of piperidine rings is 1. The van der Waals surface area contributed by atoms with Crippen molar-refractivity contribution < 1.29 is 19.4 Å². The van der Waals surface area contributed by atoms with E-state index in [-0.39, 0.29) is 23.8 Å². The summed E-state index contributed by atoms with van der Waals surface area (Å²) in [6.45, 7) is 3.58. The Labute approximate surface area is 136 Å². The van der Waals surface area contributed by atoms with Crippen LogP contribution in [0.25, 0.3) is 0 Å². The molecule has 0 saturated carbocycles. The molecule has 6 nitrogen and oxygen atoms in total. The number of benzene rings is 1. The zero-order chi connectivity index (χ0) is 16.7. The van der Waals surface area contributed by atoms with Crippen molar-refractivity contribution >= 4 is 12.0 Å². The Morgan fingerprint density at radius 1 is 1.30 bits per heavy atom. The van der Waals surface area contributed by atoms with Gasteiger partial charge in [0.1, 0.15) is 5.75 Å². The largest absolute Gasteiger partial charge is 0.507 e. The first-order valence-electron chi connectivity index (χ1n) is 8.12. The number of amides is 2. The van der Waals surface area contributed by atoms with Crippen LogP contribution >= 0.6 is 0 Å². The van der Waals surface area contributed by atoms with E-state index in [9.17, 15) is 14.7 Å². The van der Waals surface area contributed by atoms with Crippen LogP contribution in [0.5, 0.6) is 5.75 Å². The lowest BCUT2D eigenvalue weighted by atomic mass is 10.0. The Morgan fingerprint density at radius 2 is 2.00 bits per heavy atom. The first kappa shape index (κ1) is 17.1. The number of nitrogens with one attached hydrogen (secondary N) is 1. The summed E-state index contributed by atoms with van der Waals surface area (Å²) in [5.41, 5.74) is 0.317. The third kappa shape index (κ3) is 4.87. The van der Waals surface area contributed by atoms with Crippen LogP contribution in [0.15, 0.2) is 24.3 Å². The van der Waals surface area contributed by atoms with E-state index < -0.39 is 0 Å². The van der Waals surface area contributed by atoms with Gasteiger partial charge in [0.25, 0.3) is 5.91 Å². The lowest BCUT2D eigenvalue weighted by Crippen LogP contribution is -2.46. The molecule has 0 atom stereocenters. The molecule has 1 fully saturated rings. The molecule has 23 heavy (non-hydrogen) atoms. The third-order valence-electron chi connectivity index (χ3n) is 3.97. The van der Waals surface area contributed by atoms with Gasteiger partial charge in [-0.25, -0.2) is 4.79 Å². The molecule has 6 heteroatoms. The Morgan fingerprint density at radius 3 is 2.65 bits per heavy atom. The molecule has 1 aliphatic rings. The number of likely N-dealkylation sites (tertiary alicyclic amines) is 1. The normalized spacial score (nSPS) is 15.3. The number of carbonyl (C=O) groups is 2. The van der Waals surface area contributed by atoms with Crippen LogP contribution < -0.4 is 5.32 Å². The van der Waals surface area contributed by atoms with Gasteiger partial charge in [-0.15, -0.1) is 0 Å². The Balaban J connectivity index is 1.79. The highest BCUT2D eigenvalue weighted by Crippen LogP contribution is 2.20. The maximum atomic E-state index is 12.4. The zero-order valence-electron chi connectivity index (χ0n) is 13.5. The summed E-state index contributed by atoms with van der Waals surface area (Å²) in [5, 5.41) is 12.6. The van der Waals surface area contributed by atoms with Crippen molar-refractivity contribution in [1.82, 2.24) is 10.2 Å². The summed E-state index contributed by atoms with van der Waals surface area (Å²) in [4.78, 5) is 25.7. The SMILES string of the molecule is CCCCOC(=O)NC1CCN(C(=O)c2ccccc2O)CC1. The van der Waals surface area contributed by atoms with Crippen molar-refractivity contribution in [2.24, 2.45) is 0 Å². The maximum Gasteiger partial charge on any atom is 0.407 e. The first-order chi connectivity index (χ1) is 11.1. The van der Waals surface area contributed by atoms with E-state index in [1.165, 1.54) is 6.07 Å². The van der Waals surface area contributed by atoms with Gasteiger partial charge in [0, 0.05) is 19.1 Å². The molecule has 1 aliphatic heterocycles. The number of carbonyl (C=O) groups excluding carboxylic acids is 2. The molecule has 0 radical (unpaired) electrons. The van der Waals surface area contributed by atoms with Gasteiger partial charge in [-0.05, 0) is 31.4 Å². The highest BCUT2D eigenvalue weighted by Gasteiger charge is 2.26. The van der Waals surface area contributed by atoms with Crippen LogP contribution in [-0.4, -0.2) is 47.7 Å². The fourth-order valence-corrected chi connectivity index (χ4v) is 2.57. The number of para-hydroxylation sites is 1. The predicted molar refractivity (Wildman–Crippen MR) is 86.4 cm³/mol. The number of ether oxygens (including phenoxy) is 1. The number of unbranched alkanes of at least 4 members (excludes halogenated alkanes) is 1. The van der Waals surface area contributed by atoms with Gasteiger partial charge in [0.2, 0.25) is 0 Å².